The van der Waals surface area contributed by atoms with E-state index in [4.69, 9.17) is 5.73 Å². The van der Waals surface area contributed by atoms with Crippen LogP contribution >= 0.6 is 22.6 Å². The van der Waals surface area contributed by atoms with Crippen molar-refractivity contribution in [2.75, 3.05) is 0 Å². The molecule has 0 aromatic carbocycles. The van der Waals surface area contributed by atoms with E-state index in [-0.39, 0.29) is 11.8 Å². The molecule has 2 bridgehead atoms. The Morgan fingerprint density at radius 3 is 2.45 bits per heavy atom. The van der Waals surface area contributed by atoms with Gasteiger partial charge in [-0.25, -0.2) is 0 Å². The Bertz CT molecular complexity index is 226. The molecule has 0 spiro atoms. The van der Waals surface area contributed by atoms with E-state index in [1.165, 1.54) is 0 Å². The lowest BCUT2D eigenvalue weighted by atomic mass is 9.93. The maximum atomic E-state index is 11.0. The van der Waals surface area contributed by atoms with Gasteiger partial charge in [0.25, 0.3) is 0 Å². The Kier molecular flexibility index (Phi) is 1.70. The highest BCUT2D eigenvalue weighted by Crippen LogP contribution is 2.47. The van der Waals surface area contributed by atoms with Crippen molar-refractivity contribution < 1.29 is 4.79 Å². The van der Waals surface area contributed by atoms with Crippen LogP contribution < -0.4 is 5.73 Å². The first kappa shape index (κ1) is 7.58. The zero-order chi connectivity index (χ0) is 8.01. The van der Waals surface area contributed by atoms with Crippen molar-refractivity contribution in [3.63, 3.8) is 0 Å². The fraction of sp³-hybridized carbons (Fsp3) is 0.625. The maximum Gasteiger partial charge on any atom is 0.222 e. The second-order valence-electron chi connectivity index (χ2n) is 3.32. The van der Waals surface area contributed by atoms with Gasteiger partial charge in [-0.05, 0) is 18.3 Å². The largest absolute Gasteiger partial charge is 0.369 e. The molecule has 2 nitrogen and oxygen atoms in total. The number of allylic oxidation sites excluding steroid dienone is 2. The molecule has 0 heterocycles. The van der Waals surface area contributed by atoms with Gasteiger partial charge in [0.15, 0.2) is 0 Å². The standard InChI is InChI=1S/C8H10INO/c9-7-5-2-1-4(3-5)6(7)8(10)11/h1-2,4-7H,3H2,(H2,10,11)/t4-,5+,6+,7?/m1/s1. The summed E-state index contributed by atoms with van der Waals surface area (Å²) in [6.07, 6.45) is 5.51. The highest BCUT2D eigenvalue weighted by Gasteiger charge is 2.45. The molecule has 1 saturated carbocycles. The Labute approximate surface area is 79.4 Å². The van der Waals surface area contributed by atoms with E-state index in [1.54, 1.807) is 0 Å². The highest BCUT2D eigenvalue weighted by molar-refractivity contribution is 14.1. The summed E-state index contributed by atoms with van der Waals surface area (Å²) in [4.78, 5) is 11.0. The third-order valence-electron chi connectivity index (χ3n) is 2.69. The fourth-order valence-electron chi connectivity index (χ4n) is 2.13. The summed E-state index contributed by atoms with van der Waals surface area (Å²) in [6.45, 7) is 0. The molecule has 4 atom stereocenters. The van der Waals surface area contributed by atoms with Crippen molar-refractivity contribution in [2.45, 2.75) is 10.3 Å². The van der Waals surface area contributed by atoms with Gasteiger partial charge in [0.2, 0.25) is 5.91 Å². The van der Waals surface area contributed by atoms with Gasteiger partial charge >= 0.3 is 0 Å². The van der Waals surface area contributed by atoms with Gasteiger partial charge in [-0.1, -0.05) is 34.7 Å². The molecule has 1 fully saturated rings. The molecule has 0 aliphatic heterocycles. The number of hydrogen-bond donors (Lipinski definition) is 1. The summed E-state index contributed by atoms with van der Waals surface area (Å²) < 4.78 is 0.445. The first-order chi connectivity index (χ1) is 5.20. The van der Waals surface area contributed by atoms with Crippen LogP contribution in [0, 0.1) is 17.8 Å². The molecule has 1 unspecified atom stereocenters. The van der Waals surface area contributed by atoms with Gasteiger partial charge in [-0.3, -0.25) is 4.79 Å². The van der Waals surface area contributed by atoms with Crippen molar-refractivity contribution in [2.24, 2.45) is 23.5 Å². The normalized spacial score (nSPS) is 46.6. The van der Waals surface area contributed by atoms with Crippen LogP contribution in [-0.2, 0) is 4.79 Å². The van der Waals surface area contributed by atoms with Crippen LogP contribution in [0.5, 0.6) is 0 Å². The molecule has 2 aliphatic rings. The average Bonchev–Trinajstić information content (AvgIpc) is 2.44. The van der Waals surface area contributed by atoms with Crippen LogP contribution in [0.15, 0.2) is 12.2 Å². The summed E-state index contributed by atoms with van der Waals surface area (Å²) in [7, 11) is 0. The summed E-state index contributed by atoms with van der Waals surface area (Å²) in [5.41, 5.74) is 5.30. The lowest BCUT2D eigenvalue weighted by Crippen LogP contribution is -2.33. The number of halogens is 1. The minimum Gasteiger partial charge on any atom is -0.369 e. The topological polar surface area (TPSA) is 43.1 Å². The summed E-state index contributed by atoms with van der Waals surface area (Å²) >= 11 is 2.35. The van der Waals surface area contributed by atoms with E-state index in [2.05, 4.69) is 34.7 Å². The number of hydrogen-bond acceptors (Lipinski definition) is 1. The van der Waals surface area contributed by atoms with Gasteiger partial charge in [-0.15, -0.1) is 0 Å². The maximum absolute atomic E-state index is 11.0. The van der Waals surface area contributed by atoms with Crippen molar-refractivity contribution in [1.82, 2.24) is 0 Å². The van der Waals surface area contributed by atoms with Gasteiger partial charge in [0, 0.05) is 3.92 Å². The predicted molar refractivity (Wildman–Crippen MR) is 51.2 cm³/mol. The zero-order valence-corrected chi connectivity index (χ0v) is 8.19. The number of nitrogens with two attached hydrogens (primary N) is 1. The van der Waals surface area contributed by atoms with Crippen LogP contribution in [0.25, 0.3) is 0 Å². The molecule has 3 heteroatoms. The number of fused-ring (bicyclic) bond motifs is 2. The Morgan fingerprint density at radius 2 is 2.09 bits per heavy atom. The molecular weight excluding hydrogens is 253 g/mol. The summed E-state index contributed by atoms with van der Waals surface area (Å²) in [5.74, 6) is 1.03. The number of amides is 1. The molecule has 2 rings (SSSR count). The summed E-state index contributed by atoms with van der Waals surface area (Å²) in [6, 6.07) is 0. The van der Waals surface area contributed by atoms with E-state index >= 15 is 0 Å². The molecule has 11 heavy (non-hydrogen) atoms. The lowest BCUT2D eigenvalue weighted by molar-refractivity contribution is -0.122. The Morgan fingerprint density at radius 1 is 1.45 bits per heavy atom. The molecule has 2 N–H and O–H groups in total. The Hall–Kier alpha value is -0.0600. The van der Waals surface area contributed by atoms with Crippen molar-refractivity contribution >= 4 is 28.5 Å². The molecule has 0 saturated heterocycles. The minimum atomic E-state index is -0.124. The van der Waals surface area contributed by atoms with Crippen LogP contribution in [0.4, 0.5) is 0 Å². The number of carbonyl (C=O) groups is 1. The molecule has 60 valence electrons. The molecule has 0 radical (unpaired) electrons. The van der Waals surface area contributed by atoms with Crippen LogP contribution in [0.1, 0.15) is 6.42 Å². The predicted octanol–water partition coefficient (Wildman–Crippen LogP) is 1.10. The average molecular weight is 263 g/mol. The molecule has 0 aromatic rings. The molecule has 1 amide bonds. The molecule has 0 aromatic heterocycles. The minimum absolute atomic E-state index is 0.102. The first-order valence-electron chi connectivity index (χ1n) is 3.82. The third-order valence-corrected chi connectivity index (χ3v) is 4.39. The SMILES string of the molecule is NC(=O)[C@@H]1C(I)[C@H]2C=C[C@@H]1C2. The van der Waals surface area contributed by atoms with E-state index in [0.717, 1.165) is 6.42 Å². The van der Waals surface area contributed by atoms with Crippen molar-refractivity contribution in [3.8, 4) is 0 Å². The quantitative estimate of drug-likeness (QED) is 0.429. The second-order valence-corrected chi connectivity index (χ2v) is 4.76. The number of rotatable bonds is 1. The van der Waals surface area contributed by atoms with Gasteiger partial charge in [0.1, 0.15) is 0 Å². The van der Waals surface area contributed by atoms with E-state index in [9.17, 15) is 4.79 Å². The van der Waals surface area contributed by atoms with Gasteiger partial charge in [0.05, 0.1) is 5.92 Å². The number of alkyl halides is 1. The van der Waals surface area contributed by atoms with Crippen molar-refractivity contribution in [3.05, 3.63) is 12.2 Å². The zero-order valence-electron chi connectivity index (χ0n) is 6.03. The lowest BCUT2D eigenvalue weighted by Gasteiger charge is -2.19. The van der Waals surface area contributed by atoms with E-state index < -0.39 is 0 Å². The van der Waals surface area contributed by atoms with Crippen molar-refractivity contribution in [1.29, 1.82) is 0 Å². The molecule has 2 aliphatic carbocycles. The van der Waals surface area contributed by atoms with Crippen LogP contribution in [0.2, 0.25) is 0 Å². The van der Waals surface area contributed by atoms with Gasteiger partial charge < -0.3 is 5.73 Å². The smallest absolute Gasteiger partial charge is 0.222 e. The number of primary amides is 1. The molecular formula is C8H10INO. The van der Waals surface area contributed by atoms with E-state index in [1.807, 2.05) is 0 Å². The first-order valence-corrected chi connectivity index (χ1v) is 5.06. The summed E-state index contributed by atoms with van der Waals surface area (Å²) in [5, 5.41) is 0. The second kappa shape index (κ2) is 2.47. The van der Waals surface area contributed by atoms with E-state index in [0.29, 0.717) is 15.8 Å². The van der Waals surface area contributed by atoms with Crippen LogP contribution in [-0.4, -0.2) is 9.83 Å². The monoisotopic (exact) mass is 263 g/mol. The Balaban J connectivity index is 2.25. The third kappa shape index (κ3) is 1.01. The van der Waals surface area contributed by atoms with Crippen LogP contribution in [0.3, 0.4) is 0 Å². The van der Waals surface area contributed by atoms with Gasteiger partial charge in [-0.2, -0.15) is 0 Å². The number of carbonyl (C=O) groups excluding carboxylic acids is 1. The fourth-order valence-corrected chi connectivity index (χ4v) is 3.55. The highest BCUT2D eigenvalue weighted by atomic mass is 127.